The van der Waals surface area contributed by atoms with E-state index in [-0.39, 0.29) is 12.3 Å². The molecule has 2 aromatic rings. The van der Waals surface area contributed by atoms with Gasteiger partial charge in [-0.3, -0.25) is 4.79 Å². The van der Waals surface area contributed by atoms with Crippen LogP contribution in [0.1, 0.15) is 12.1 Å². The number of nitriles is 1. The molecular formula is C14H13ClN4O. The normalized spacial score (nSPS) is 10.0. The second-order valence-electron chi connectivity index (χ2n) is 4.23. The van der Waals surface area contributed by atoms with Crippen LogP contribution in [0.15, 0.2) is 36.5 Å². The first kappa shape index (κ1) is 14.0. The highest BCUT2D eigenvalue weighted by Gasteiger charge is 2.06. The SMILES string of the molecule is N#Cc1cccn1CCC(=O)Nc1ccc(Cl)c(N)c1. The molecule has 0 atom stereocenters. The maximum atomic E-state index is 11.8. The molecule has 0 fully saturated rings. The minimum Gasteiger partial charge on any atom is -0.397 e. The first-order chi connectivity index (χ1) is 9.60. The van der Waals surface area contributed by atoms with Crippen molar-refractivity contribution >= 4 is 28.9 Å². The topological polar surface area (TPSA) is 83.8 Å². The van der Waals surface area contributed by atoms with Crippen LogP contribution in [0.25, 0.3) is 0 Å². The molecule has 20 heavy (non-hydrogen) atoms. The first-order valence-electron chi connectivity index (χ1n) is 6.00. The van der Waals surface area contributed by atoms with Crippen LogP contribution in [0.4, 0.5) is 11.4 Å². The minimum atomic E-state index is -0.149. The third-order valence-electron chi connectivity index (χ3n) is 2.80. The van der Waals surface area contributed by atoms with Crippen molar-refractivity contribution in [1.29, 1.82) is 5.26 Å². The number of hydrogen-bond acceptors (Lipinski definition) is 3. The number of nitrogen functional groups attached to an aromatic ring is 1. The fourth-order valence-corrected chi connectivity index (χ4v) is 1.90. The lowest BCUT2D eigenvalue weighted by Gasteiger charge is -2.08. The molecule has 2 rings (SSSR count). The molecule has 0 aliphatic carbocycles. The minimum absolute atomic E-state index is 0.149. The van der Waals surface area contributed by atoms with Crippen molar-refractivity contribution in [2.75, 3.05) is 11.1 Å². The Labute approximate surface area is 121 Å². The number of aromatic nitrogens is 1. The number of aryl methyl sites for hydroxylation is 1. The molecule has 1 heterocycles. The van der Waals surface area contributed by atoms with E-state index in [0.717, 1.165) is 0 Å². The molecule has 3 N–H and O–H groups in total. The monoisotopic (exact) mass is 288 g/mol. The Morgan fingerprint density at radius 3 is 2.95 bits per heavy atom. The van der Waals surface area contributed by atoms with Crippen molar-refractivity contribution in [3.8, 4) is 6.07 Å². The van der Waals surface area contributed by atoms with E-state index >= 15 is 0 Å². The lowest BCUT2D eigenvalue weighted by atomic mass is 10.2. The third-order valence-corrected chi connectivity index (χ3v) is 3.15. The summed E-state index contributed by atoms with van der Waals surface area (Å²) >= 11 is 5.81. The largest absolute Gasteiger partial charge is 0.397 e. The van der Waals surface area contributed by atoms with E-state index in [1.165, 1.54) is 0 Å². The molecule has 0 saturated carbocycles. The number of benzene rings is 1. The van der Waals surface area contributed by atoms with Gasteiger partial charge in [-0.2, -0.15) is 5.26 Å². The average Bonchev–Trinajstić information content (AvgIpc) is 2.88. The summed E-state index contributed by atoms with van der Waals surface area (Å²) in [6.07, 6.45) is 2.04. The van der Waals surface area contributed by atoms with Gasteiger partial charge in [-0.15, -0.1) is 0 Å². The molecule has 0 radical (unpaired) electrons. The molecule has 0 saturated heterocycles. The zero-order valence-electron chi connectivity index (χ0n) is 10.6. The van der Waals surface area contributed by atoms with Crippen molar-refractivity contribution in [1.82, 2.24) is 4.57 Å². The Hall–Kier alpha value is -2.45. The van der Waals surface area contributed by atoms with Gasteiger partial charge in [0.25, 0.3) is 0 Å². The molecule has 1 amide bonds. The van der Waals surface area contributed by atoms with Crippen LogP contribution < -0.4 is 11.1 Å². The van der Waals surface area contributed by atoms with E-state index in [4.69, 9.17) is 22.6 Å². The molecule has 6 heteroatoms. The average molecular weight is 289 g/mol. The fourth-order valence-electron chi connectivity index (χ4n) is 1.78. The molecule has 0 spiro atoms. The number of carbonyl (C=O) groups is 1. The summed E-state index contributed by atoms with van der Waals surface area (Å²) in [7, 11) is 0. The van der Waals surface area contributed by atoms with Gasteiger partial charge in [-0.1, -0.05) is 11.6 Å². The van der Waals surface area contributed by atoms with Crippen molar-refractivity contribution in [2.24, 2.45) is 0 Å². The zero-order chi connectivity index (χ0) is 14.5. The zero-order valence-corrected chi connectivity index (χ0v) is 11.4. The number of nitrogens with one attached hydrogen (secondary N) is 1. The van der Waals surface area contributed by atoms with Gasteiger partial charge in [0.2, 0.25) is 5.91 Å². The Morgan fingerprint density at radius 2 is 2.25 bits per heavy atom. The van der Waals surface area contributed by atoms with Crippen LogP contribution >= 0.6 is 11.6 Å². The smallest absolute Gasteiger partial charge is 0.226 e. The molecule has 1 aromatic heterocycles. The Bertz CT molecular complexity index is 672. The maximum Gasteiger partial charge on any atom is 0.226 e. The highest BCUT2D eigenvalue weighted by atomic mass is 35.5. The van der Waals surface area contributed by atoms with Gasteiger partial charge in [-0.05, 0) is 30.3 Å². The number of hydrogen-bond donors (Lipinski definition) is 2. The number of rotatable bonds is 4. The van der Waals surface area contributed by atoms with Gasteiger partial charge in [0.1, 0.15) is 11.8 Å². The van der Waals surface area contributed by atoms with E-state index in [0.29, 0.717) is 28.6 Å². The van der Waals surface area contributed by atoms with Gasteiger partial charge >= 0.3 is 0 Å². The molecule has 0 bridgehead atoms. The molecule has 102 valence electrons. The number of nitrogens with zero attached hydrogens (tertiary/aromatic N) is 2. The predicted octanol–water partition coefficient (Wildman–Crippen LogP) is 2.62. The number of carbonyl (C=O) groups excluding carboxylic acids is 1. The number of anilines is 2. The summed E-state index contributed by atoms with van der Waals surface area (Å²) in [4.78, 5) is 11.8. The fraction of sp³-hybridized carbons (Fsp3) is 0.143. The second-order valence-corrected chi connectivity index (χ2v) is 4.64. The van der Waals surface area contributed by atoms with Crippen LogP contribution in [0.5, 0.6) is 0 Å². The quantitative estimate of drug-likeness (QED) is 0.848. The van der Waals surface area contributed by atoms with Gasteiger partial charge < -0.3 is 15.6 Å². The van der Waals surface area contributed by atoms with Crippen LogP contribution in [0, 0.1) is 11.3 Å². The maximum absolute atomic E-state index is 11.8. The van der Waals surface area contributed by atoms with Gasteiger partial charge in [0, 0.05) is 24.8 Å². The Morgan fingerprint density at radius 1 is 1.45 bits per heavy atom. The molecular weight excluding hydrogens is 276 g/mol. The number of amides is 1. The van der Waals surface area contributed by atoms with E-state index < -0.39 is 0 Å². The predicted molar refractivity (Wildman–Crippen MR) is 78.3 cm³/mol. The van der Waals surface area contributed by atoms with Crippen LogP contribution in [0.3, 0.4) is 0 Å². The lowest BCUT2D eigenvalue weighted by Crippen LogP contribution is -2.14. The van der Waals surface area contributed by atoms with Gasteiger partial charge in [0.15, 0.2) is 0 Å². The second kappa shape index (κ2) is 6.13. The first-order valence-corrected chi connectivity index (χ1v) is 6.38. The van der Waals surface area contributed by atoms with Crippen molar-refractivity contribution < 1.29 is 4.79 Å². The van der Waals surface area contributed by atoms with Gasteiger partial charge in [-0.25, -0.2) is 0 Å². The van der Waals surface area contributed by atoms with Crippen LogP contribution in [-0.4, -0.2) is 10.5 Å². The van der Waals surface area contributed by atoms with Crippen molar-refractivity contribution in [3.05, 3.63) is 47.2 Å². The highest BCUT2D eigenvalue weighted by molar-refractivity contribution is 6.33. The van der Waals surface area contributed by atoms with E-state index in [1.807, 2.05) is 0 Å². The van der Waals surface area contributed by atoms with Crippen molar-refractivity contribution in [2.45, 2.75) is 13.0 Å². The summed E-state index contributed by atoms with van der Waals surface area (Å²) in [5.41, 5.74) is 7.22. The summed E-state index contributed by atoms with van der Waals surface area (Å²) < 4.78 is 1.73. The molecule has 0 aliphatic heterocycles. The molecule has 0 unspecified atom stereocenters. The summed E-state index contributed by atoms with van der Waals surface area (Å²) in [5.74, 6) is -0.149. The molecule has 0 aliphatic rings. The lowest BCUT2D eigenvalue weighted by molar-refractivity contribution is -0.116. The summed E-state index contributed by atoms with van der Waals surface area (Å²) in [6.45, 7) is 0.449. The number of halogens is 1. The van der Waals surface area contributed by atoms with E-state index in [1.54, 1.807) is 41.1 Å². The van der Waals surface area contributed by atoms with Crippen LogP contribution in [0.2, 0.25) is 5.02 Å². The Balaban J connectivity index is 1.93. The summed E-state index contributed by atoms with van der Waals surface area (Å²) in [6, 6.07) is 10.5. The Kier molecular flexibility index (Phi) is 4.28. The van der Waals surface area contributed by atoms with E-state index in [2.05, 4.69) is 11.4 Å². The van der Waals surface area contributed by atoms with Crippen molar-refractivity contribution in [3.63, 3.8) is 0 Å². The summed E-state index contributed by atoms with van der Waals surface area (Å²) in [5, 5.41) is 12.1. The standard InChI is InChI=1S/C14H13ClN4O/c15-12-4-3-10(8-13(12)17)18-14(20)5-7-19-6-1-2-11(19)9-16/h1-4,6,8H,5,7,17H2,(H,18,20). The third kappa shape index (κ3) is 3.31. The van der Waals surface area contributed by atoms with E-state index in [9.17, 15) is 4.79 Å². The molecule has 1 aromatic carbocycles. The number of nitrogens with two attached hydrogens (primary N) is 1. The molecule has 5 nitrogen and oxygen atoms in total. The van der Waals surface area contributed by atoms with Gasteiger partial charge in [0.05, 0.1) is 10.7 Å². The van der Waals surface area contributed by atoms with Crippen LogP contribution in [-0.2, 0) is 11.3 Å². The highest BCUT2D eigenvalue weighted by Crippen LogP contribution is 2.22.